The second-order valence-corrected chi connectivity index (χ2v) is 12.4. The van der Waals surface area contributed by atoms with E-state index < -0.39 is 38.4 Å². The first-order valence-electron chi connectivity index (χ1n) is 13.5. The molecule has 14 heteroatoms. The predicted molar refractivity (Wildman–Crippen MR) is 161 cm³/mol. The fraction of sp³-hybridized carbons (Fsp3) is 0.300. The third kappa shape index (κ3) is 7.21. The number of nitrogens with zero attached hydrogens (tertiary/aromatic N) is 3. The third-order valence-electron chi connectivity index (χ3n) is 6.68. The van der Waals surface area contributed by atoms with E-state index in [1.807, 2.05) is 38.1 Å². The van der Waals surface area contributed by atoms with Crippen molar-refractivity contribution in [3.8, 4) is 0 Å². The zero-order valence-corrected chi connectivity index (χ0v) is 25.7. The van der Waals surface area contributed by atoms with E-state index in [2.05, 4.69) is 15.7 Å². The molecule has 4 aromatic rings. The summed E-state index contributed by atoms with van der Waals surface area (Å²) in [5, 5.41) is 10.2. The topological polar surface area (TPSA) is 132 Å². The maximum absolute atomic E-state index is 13.9. The number of fused-ring (bicyclic) bond motifs is 1. The summed E-state index contributed by atoms with van der Waals surface area (Å²) >= 11 is 0. The highest BCUT2D eigenvalue weighted by Crippen LogP contribution is 2.31. The summed E-state index contributed by atoms with van der Waals surface area (Å²) < 4.78 is 65.2. The van der Waals surface area contributed by atoms with Crippen LogP contribution in [0.1, 0.15) is 22.8 Å². The molecule has 0 bridgehead atoms. The van der Waals surface area contributed by atoms with Crippen molar-refractivity contribution < 1.29 is 36.3 Å². The van der Waals surface area contributed by atoms with Crippen molar-refractivity contribution in [3.63, 3.8) is 0 Å². The molecule has 0 unspecified atom stereocenters. The van der Waals surface area contributed by atoms with Crippen LogP contribution in [0.25, 0.3) is 10.9 Å². The maximum Gasteiger partial charge on any atom is 0.435 e. The molecule has 1 atom stereocenters. The molecule has 3 aromatic carbocycles. The highest BCUT2D eigenvalue weighted by Gasteiger charge is 2.25. The van der Waals surface area contributed by atoms with Gasteiger partial charge in [0, 0.05) is 36.8 Å². The van der Waals surface area contributed by atoms with E-state index >= 15 is 0 Å². The largest absolute Gasteiger partial charge is 0.451 e. The molecular weight excluding hydrogens is 596 g/mol. The van der Waals surface area contributed by atoms with Gasteiger partial charge in [0.2, 0.25) is 9.84 Å². The molecule has 0 radical (unpaired) electrons. The number of anilines is 2. The molecule has 0 saturated carbocycles. The number of methoxy groups -OCH3 is 2. The third-order valence-corrected chi connectivity index (χ3v) is 8.41. The number of halogens is 2. The van der Waals surface area contributed by atoms with Crippen LogP contribution in [0.15, 0.2) is 64.4 Å². The molecule has 1 aromatic heterocycles. The number of benzene rings is 3. The van der Waals surface area contributed by atoms with Gasteiger partial charge in [-0.15, -0.1) is 5.10 Å². The zero-order chi connectivity index (χ0) is 32.2. The van der Waals surface area contributed by atoms with Gasteiger partial charge in [0.15, 0.2) is 5.82 Å². The zero-order valence-electron chi connectivity index (χ0n) is 24.9. The molecule has 4 rings (SSSR count). The number of ether oxygens (including phenoxy) is 2. The Bertz CT molecular complexity index is 1790. The number of nitrogens with one attached hydrogen (secondary N) is 2. The van der Waals surface area contributed by atoms with E-state index in [0.29, 0.717) is 30.5 Å². The van der Waals surface area contributed by atoms with Crippen LogP contribution in [0.5, 0.6) is 0 Å². The Kier molecular flexibility index (Phi) is 9.97. The normalized spacial score (nSPS) is 12.4. The SMILES string of the molecule is COC[C@@H](C)Nc1cc(CCN(C)C)ccc1C(=O)Nc1nn(C(=O)OC)c2ccc(S(=O)(=O)c3cc(F)cc(F)c3)cc12. The summed E-state index contributed by atoms with van der Waals surface area (Å²) in [6, 6.07) is 10.8. The van der Waals surface area contributed by atoms with Crippen LogP contribution < -0.4 is 10.6 Å². The molecule has 1 heterocycles. The molecular formula is C30H33F2N5O6S. The van der Waals surface area contributed by atoms with E-state index in [0.717, 1.165) is 30.3 Å². The molecule has 1 amide bonds. The smallest absolute Gasteiger partial charge is 0.435 e. The van der Waals surface area contributed by atoms with E-state index in [1.165, 1.54) is 18.2 Å². The molecule has 0 saturated heterocycles. The van der Waals surface area contributed by atoms with Gasteiger partial charge in [-0.25, -0.2) is 22.0 Å². The number of carbonyl (C=O) groups is 2. The van der Waals surface area contributed by atoms with E-state index in [4.69, 9.17) is 9.47 Å². The van der Waals surface area contributed by atoms with Crippen LogP contribution in [-0.4, -0.2) is 82.6 Å². The van der Waals surface area contributed by atoms with Crippen LogP contribution in [0.2, 0.25) is 0 Å². The minimum Gasteiger partial charge on any atom is -0.451 e. The number of likely N-dealkylation sites (N-methyl/N-ethyl adjacent to an activating group) is 1. The number of hydrogen-bond donors (Lipinski definition) is 2. The van der Waals surface area contributed by atoms with Gasteiger partial charge in [0.25, 0.3) is 5.91 Å². The van der Waals surface area contributed by atoms with Crippen molar-refractivity contribution >= 4 is 44.2 Å². The number of rotatable bonds is 11. The first-order valence-corrected chi connectivity index (χ1v) is 15.0. The van der Waals surface area contributed by atoms with Crippen LogP contribution in [-0.2, 0) is 25.7 Å². The van der Waals surface area contributed by atoms with Crippen LogP contribution in [0.3, 0.4) is 0 Å². The Hall–Kier alpha value is -4.40. The summed E-state index contributed by atoms with van der Waals surface area (Å²) in [6.07, 6.45) is -0.151. The fourth-order valence-corrected chi connectivity index (χ4v) is 5.88. The summed E-state index contributed by atoms with van der Waals surface area (Å²) in [5.74, 6) is -2.85. The average Bonchev–Trinajstić information content (AvgIpc) is 3.32. The van der Waals surface area contributed by atoms with E-state index in [1.54, 1.807) is 13.2 Å². The van der Waals surface area contributed by atoms with Gasteiger partial charge in [-0.3, -0.25) is 4.79 Å². The molecule has 0 aliphatic heterocycles. The van der Waals surface area contributed by atoms with Crippen LogP contribution in [0, 0.1) is 11.6 Å². The van der Waals surface area contributed by atoms with Gasteiger partial charge in [-0.1, -0.05) is 6.07 Å². The Morgan fingerprint density at radius 1 is 1.00 bits per heavy atom. The molecule has 0 aliphatic carbocycles. The molecule has 0 aliphatic rings. The lowest BCUT2D eigenvalue weighted by molar-refractivity contribution is 0.102. The van der Waals surface area contributed by atoms with Crippen LogP contribution in [0.4, 0.5) is 25.1 Å². The summed E-state index contributed by atoms with van der Waals surface area (Å²) in [6.45, 7) is 3.07. The fourth-order valence-electron chi connectivity index (χ4n) is 4.55. The predicted octanol–water partition coefficient (Wildman–Crippen LogP) is 4.57. The Balaban J connectivity index is 1.78. The molecule has 0 fully saturated rings. The highest BCUT2D eigenvalue weighted by molar-refractivity contribution is 7.91. The number of sulfone groups is 1. The Labute approximate surface area is 253 Å². The standard InChI is InChI=1S/C30H33F2N5O6S/c1-18(17-42-4)33-26-12-19(10-11-36(2)3)6-8-24(26)29(38)34-28-25-16-22(7-9-27(25)37(35-28)30(39)43-5)44(40,41)23-14-20(31)13-21(32)15-23/h6-9,12-16,18,33H,10-11,17H2,1-5H3,(H,34,35,38)/t18-/m1/s1. The summed E-state index contributed by atoms with van der Waals surface area (Å²) in [7, 11) is 2.24. The number of aromatic nitrogens is 2. The van der Waals surface area contributed by atoms with Gasteiger partial charge in [0.1, 0.15) is 11.6 Å². The lowest BCUT2D eigenvalue weighted by atomic mass is 10.0. The number of amides is 1. The van der Waals surface area contributed by atoms with Gasteiger partial charge in [0.05, 0.1) is 34.6 Å². The molecule has 0 spiro atoms. The molecule has 234 valence electrons. The first kappa shape index (κ1) is 32.5. The van der Waals surface area contributed by atoms with Crippen molar-refractivity contribution in [1.29, 1.82) is 0 Å². The number of hydrogen-bond acceptors (Lipinski definition) is 9. The molecule has 11 nitrogen and oxygen atoms in total. The minimum atomic E-state index is -4.40. The quantitative estimate of drug-likeness (QED) is 0.245. The van der Waals surface area contributed by atoms with Gasteiger partial charge in [-0.2, -0.15) is 4.68 Å². The summed E-state index contributed by atoms with van der Waals surface area (Å²) in [5.41, 5.74) is 1.92. The number of carbonyl (C=O) groups excluding carboxylic acids is 2. The van der Waals surface area contributed by atoms with E-state index in [9.17, 15) is 26.8 Å². The molecule has 44 heavy (non-hydrogen) atoms. The highest BCUT2D eigenvalue weighted by atomic mass is 32.2. The Morgan fingerprint density at radius 2 is 1.70 bits per heavy atom. The van der Waals surface area contributed by atoms with Gasteiger partial charge in [-0.05, 0) is 75.5 Å². The first-order chi connectivity index (χ1) is 20.8. The van der Waals surface area contributed by atoms with Crippen molar-refractivity contribution in [2.45, 2.75) is 29.2 Å². The second kappa shape index (κ2) is 13.5. The lowest BCUT2D eigenvalue weighted by Crippen LogP contribution is -2.24. The summed E-state index contributed by atoms with van der Waals surface area (Å²) in [4.78, 5) is 27.3. The Morgan fingerprint density at radius 3 is 2.34 bits per heavy atom. The van der Waals surface area contributed by atoms with Crippen molar-refractivity contribution in [3.05, 3.63) is 77.4 Å². The maximum atomic E-state index is 13.9. The van der Waals surface area contributed by atoms with Crippen LogP contribution >= 0.6 is 0 Å². The monoisotopic (exact) mass is 629 g/mol. The second-order valence-electron chi connectivity index (χ2n) is 10.4. The van der Waals surface area contributed by atoms with Crippen molar-refractivity contribution in [1.82, 2.24) is 14.7 Å². The van der Waals surface area contributed by atoms with E-state index in [-0.39, 0.29) is 33.2 Å². The van der Waals surface area contributed by atoms with Crippen molar-refractivity contribution in [2.75, 3.05) is 52.1 Å². The van der Waals surface area contributed by atoms with Crippen molar-refractivity contribution in [2.24, 2.45) is 0 Å². The van der Waals surface area contributed by atoms with Gasteiger partial charge < -0.3 is 25.0 Å². The average molecular weight is 630 g/mol. The van der Waals surface area contributed by atoms with Gasteiger partial charge >= 0.3 is 6.09 Å². The lowest BCUT2D eigenvalue weighted by Gasteiger charge is -2.19. The molecule has 2 N–H and O–H groups in total. The minimum absolute atomic E-state index is 0.0755.